The third kappa shape index (κ3) is 3.41. The molecule has 0 aromatic rings. The molecule has 0 radical (unpaired) electrons. The van der Waals surface area contributed by atoms with E-state index in [4.69, 9.17) is 9.47 Å². The fourth-order valence-corrected chi connectivity index (χ4v) is 2.19. The molecule has 4 unspecified atom stereocenters. The monoisotopic (exact) mass is 214 g/mol. The van der Waals surface area contributed by atoms with Crippen LogP contribution in [0.4, 0.5) is 0 Å². The van der Waals surface area contributed by atoms with Crippen LogP contribution in [0.25, 0.3) is 0 Å². The van der Waals surface area contributed by atoms with Crippen molar-refractivity contribution in [1.29, 1.82) is 0 Å². The van der Waals surface area contributed by atoms with E-state index in [1.54, 1.807) is 0 Å². The molecule has 0 aromatic heterocycles. The molecular formula is C11H22N2O2. The van der Waals surface area contributed by atoms with Gasteiger partial charge >= 0.3 is 0 Å². The molecule has 0 aromatic carbocycles. The Morgan fingerprint density at radius 2 is 2.00 bits per heavy atom. The Kier molecular flexibility index (Phi) is 3.97. The number of morpholine rings is 2. The van der Waals surface area contributed by atoms with Crippen molar-refractivity contribution in [3.8, 4) is 0 Å². The fraction of sp³-hybridized carbons (Fsp3) is 1.00. The van der Waals surface area contributed by atoms with E-state index in [1.807, 2.05) is 0 Å². The van der Waals surface area contributed by atoms with Gasteiger partial charge in [0.25, 0.3) is 0 Å². The average molecular weight is 214 g/mol. The number of hydrogen-bond acceptors (Lipinski definition) is 4. The Bertz CT molecular complexity index is 193. The van der Waals surface area contributed by atoms with E-state index in [9.17, 15) is 0 Å². The molecule has 2 aliphatic rings. The molecule has 0 saturated carbocycles. The van der Waals surface area contributed by atoms with Crippen LogP contribution in [0, 0.1) is 0 Å². The molecule has 88 valence electrons. The first-order chi connectivity index (χ1) is 7.24. The maximum absolute atomic E-state index is 5.85. The van der Waals surface area contributed by atoms with E-state index in [1.165, 1.54) is 0 Å². The molecule has 0 spiro atoms. The van der Waals surface area contributed by atoms with Crippen LogP contribution in [0.1, 0.15) is 20.3 Å². The van der Waals surface area contributed by atoms with E-state index >= 15 is 0 Å². The smallest absolute Gasteiger partial charge is 0.0728 e. The van der Waals surface area contributed by atoms with Gasteiger partial charge in [0.05, 0.1) is 24.9 Å². The molecule has 0 amide bonds. The second kappa shape index (κ2) is 5.25. The summed E-state index contributed by atoms with van der Waals surface area (Å²) >= 11 is 0. The minimum atomic E-state index is 0.314. The lowest BCUT2D eigenvalue weighted by Gasteiger charge is -2.34. The molecule has 4 atom stereocenters. The van der Waals surface area contributed by atoms with E-state index in [0.717, 1.165) is 32.7 Å². The lowest BCUT2D eigenvalue weighted by atomic mass is 10.1. The van der Waals surface area contributed by atoms with Crippen LogP contribution in [0.2, 0.25) is 0 Å². The first kappa shape index (κ1) is 11.3. The normalized spacial score (nSPS) is 42.8. The Morgan fingerprint density at radius 1 is 1.13 bits per heavy atom. The summed E-state index contributed by atoms with van der Waals surface area (Å²) < 4.78 is 11.6. The Labute approximate surface area is 91.7 Å². The summed E-state index contributed by atoms with van der Waals surface area (Å²) in [5.74, 6) is 0. The molecule has 2 N–H and O–H groups in total. The van der Waals surface area contributed by atoms with E-state index in [0.29, 0.717) is 24.4 Å². The third-order valence-corrected chi connectivity index (χ3v) is 3.03. The van der Waals surface area contributed by atoms with Gasteiger partial charge in [-0.2, -0.15) is 0 Å². The second-order valence-corrected chi connectivity index (χ2v) is 4.73. The molecule has 4 nitrogen and oxygen atoms in total. The van der Waals surface area contributed by atoms with Crippen molar-refractivity contribution in [1.82, 2.24) is 10.6 Å². The highest BCUT2D eigenvalue weighted by atomic mass is 16.5. The Morgan fingerprint density at radius 3 is 2.67 bits per heavy atom. The molecule has 2 aliphatic heterocycles. The van der Waals surface area contributed by atoms with Gasteiger partial charge in [-0.3, -0.25) is 0 Å². The van der Waals surface area contributed by atoms with Crippen molar-refractivity contribution in [2.45, 2.75) is 44.6 Å². The number of ether oxygens (including phenoxy) is 2. The van der Waals surface area contributed by atoms with Gasteiger partial charge in [0.1, 0.15) is 0 Å². The van der Waals surface area contributed by atoms with Crippen LogP contribution in [0.15, 0.2) is 0 Å². The molecule has 0 bridgehead atoms. The summed E-state index contributed by atoms with van der Waals surface area (Å²) in [6.07, 6.45) is 1.96. The van der Waals surface area contributed by atoms with Crippen molar-refractivity contribution in [3.63, 3.8) is 0 Å². The highest BCUT2D eigenvalue weighted by Gasteiger charge is 2.25. The maximum atomic E-state index is 5.85. The van der Waals surface area contributed by atoms with Gasteiger partial charge in [0, 0.05) is 32.1 Å². The predicted molar refractivity (Wildman–Crippen MR) is 59.0 cm³/mol. The zero-order chi connectivity index (χ0) is 10.7. The first-order valence-electron chi connectivity index (χ1n) is 5.95. The minimum absolute atomic E-state index is 0.314. The standard InChI is InChI=1S/C11H22N2O2/c1-8-7-14-10(6-13-8)3-11-5-12-4-9(2)15-11/h8-13H,3-7H2,1-2H3. The van der Waals surface area contributed by atoms with Crippen LogP contribution in [0.5, 0.6) is 0 Å². The average Bonchev–Trinajstić information content (AvgIpc) is 2.22. The van der Waals surface area contributed by atoms with Gasteiger partial charge in [-0.1, -0.05) is 0 Å². The van der Waals surface area contributed by atoms with Crippen LogP contribution in [0.3, 0.4) is 0 Å². The van der Waals surface area contributed by atoms with Gasteiger partial charge in [-0.25, -0.2) is 0 Å². The van der Waals surface area contributed by atoms with Gasteiger partial charge in [0.2, 0.25) is 0 Å². The SMILES string of the molecule is CC1COC(CC2CNCC(C)O2)CN1. The number of rotatable bonds is 2. The van der Waals surface area contributed by atoms with Gasteiger partial charge < -0.3 is 20.1 Å². The summed E-state index contributed by atoms with van der Waals surface area (Å²) in [4.78, 5) is 0. The van der Waals surface area contributed by atoms with Crippen LogP contribution in [-0.4, -0.2) is 50.6 Å². The van der Waals surface area contributed by atoms with Gasteiger partial charge in [-0.15, -0.1) is 0 Å². The van der Waals surface area contributed by atoms with Crippen molar-refractivity contribution in [2.24, 2.45) is 0 Å². The third-order valence-electron chi connectivity index (χ3n) is 3.03. The predicted octanol–water partition coefficient (Wildman–Crippen LogP) is 0.130. The Balaban J connectivity index is 1.71. The van der Waals surface area contributed by atoms with Crippen LogP contribution >= 0.6 is 0 Å². The number of nitrogens with one attached hydrogen (secondary N) is 2. The van der Waals surface area contributed by atoms with Gasteiger partial charge in [0.15, 0.2) is 0 Å². The molecular weight excluding hydrogens is 192 g/mol. The first-order valence-corrected chi connectivity index (χ1v) is 5.95. The maximum Gasteiger partial charge on any atom is 0.0728 e. The van der Waals surface area contributed by atoms with Crippen molar-refractivity contribution in [2.75, 3.05) is 26.2 Å². The summed E-state index contributed by atoms with van der Waals surface area (Å²) in [5.41, 5.74) is 0. The molecule has 2 saturated heterocycles. The minimum Gasteiger partial charge on any atom is -0.375 e. The van der Waals surface area contributed by atoms with Crippen molar-refractivity contribution < 1.29 is 9.47 Å². The van der Waals surface area contributed by atoms with E-state index in [2.05, 4.69) is 24.5 Å². The Hall–Kier alpha value is -0.160. The zero-order valence-electron chi connectivity index (χ0n) is 9.66. The second-order valence-electron chi connectivity index (χ2n) is 4.73. The largest absolute Gasteiger partial charge is 0.375 e. The molecule has 2 rings (SSSR count). The van der Waals surface area contributed by atoms with Crippen LogP contribution < -0.4 is 10.6 Å². The quantitative estimate of drug-likeness (QED) is 0.686. The molecule has 0 aliphatic carbocycles. The lowest BCUT2D eigenvalue weighted by Crippen LogP contribution is -2.49. The van der Waals surface area contributed by atoms with Crippen molar-refractivity contribution in [3.05, 3.63) is 0 Å². The summed E-state index contributed by atoms with van der Waals surface area (Å²) in [6.45, 7) is 7.96. The molecule has 4 heteroatoms. The topological polar surface area (TPSA) is 42.5 Å². The van der Waals surface area contributed by atoms with Gasteiger partial charge in [-0.05, 0) is 13.8 Å². The molecule has 15 heavy (non-hydrogen) atoms. The zero-order valence-corrected chi connectivity index (χ0v) is 9.66. The molecule has 2 fully saturated rings. The number of hydrogen-bond donors (Lipinski definition) is 2. The van der Waals surface area contributed by atoms with E-state index in [-0.39, 0.29) is 0 Å². The fourth-order valence-electron chi connectivity index (χ4n) is 2.19. The summed E-state index contributed by atoms with van der Waals surface area (Å²) in [5, 5.41) is 6.81. The van der Waals surface area contributed by atoms with Crippen LogP contribution in [-0.2, 0) is 9.47 Å². The lowest BCUT2D eigenvalue weighted by molar-refractivity contribution is -0.0724. The summed E-state index contributed by atoms with van der Waals surface area (Å²) in [6, 6.07) is 0.491. The van der Waals surface area contributed by atoms with E-state index < -0.39 is 0 Å². The highest BCUT2D eigenvalue weighted by molar-refractivity contribution is 4.79. The summed E-state index contributed by atoms with van der Waals surface area (Å²) in [7, 11) is 0. The van der Waals surface area contributed by atoms with Crippen molar-refractivity contribution >= 4 is 0 Å². The highest BCUT2D eigenvalue weighted by Crippen LogP contribution is 2.13. The molecule has 2 heterocycles.